The normalized spacial score (nSPS) is 13.7. The molecule has 0 N–H and O–H groups in total. The van der Waals surface area contributed by atoms with E-state index < -0.39 is 22.5 Å². The summed E-state index contributed by atoms with van der Waals surface area (Å²) in [6.45, 7) is 3.66. The SMILES string of the molecule is CCCCOC(=O)CN(c1ccc2c(ccn2-c2cc(C(=O)N3CCOCC3)ccn2)c1)S(=O)(=O)c1cc(Cl)cc(Cl)c1. The number of sulfonamides is 1. The molecule has 1 aliphatic rings. The van der Waals surface area contributed by atoms with Crippen LogP contribution in [0.1, 0.15) is 30.1 Å². The van der Waals surface area contributed by atoms with Crippen molar-refractivity contribution in [2.75, 3.05) is 43.8 Å². The molecule has 1 fully saturated rings. The minimum absolute atomic E-state index is 0.0986. The summed E-state index contributed by atoms with van der Waals surface area (Å²) in [4.78, 5) is 31.8. The summed E-state index contributed by atoms with van der Waals surface area (Å²) >= 11 is 12.2. The van der Waals surface area contributed by atoms with E-state index in [1.54, 1.807) is 53.7 Å². The largest absolute Gasteiger partial charge is 0.464 e. The Kier molecular flexibility index (Phi) is 9.55. The summed E-state index contributed by atoms with van der Waals surface area (Å²) in [5, 5.41) is 0.977. The van der Waals surface area contributed by atoms with Crippen LogP contribution in [0.25, 0.3) is 16.7 Å². The lowest BCUT2D eigenvalue weighted by Crippen LogP contribution is -2.40. The molecule has 0 radical (unpaired) electrons. The highest BCUT2D eigenvalue weighted by Gasteiger charge is 2.29. The molecule has 3 heterocycles. The molecule has 1 saturated heterocycles. The van der Waals surface area contributed by atoms with E-state index in [4.69, 9.17) is 32.7 Å². The molecule has 0 unspecified atom stereocenters. The molecule has 0 aliphatic carbocycles. The monoisotopic (exact) mass is 644 g/mol. The molecule has 10 nitrogen and oxygen atoms in total. The number of esters is 1. The van der Waals surface area contributed by atoms with E-state index in [-0.39, 0.29) is 33.1 Å². The van der Waals surface area contributed by atoms with Gasteiger partial charge in [0.2, 0.25) is 0 Å². The van der Waals surface area contributed by atoms with Crippen molar-refractivity contribution in [3.63, 3.8) is 0 Å². The Morgan fingerprint density at radius 1 is 1.02 bits per heavy atom. The van der Waals surface area contributed by atoms with Gasteiger partial charge >= 0.3 is 5.97 Å². The van der Waals surface area contributed by atoms with E-state index in [0.29, 0.717) is 49.5 Å². The fourth-order valence-corrected chi connectivity index (χ4v) is 6.86. The second-order valence-corrected chi connectivity index (χ2v) is 12.7. The Hall–Kier alpha value is -3.64. The van der Waals surface area contributed by atoms with Crippen molar-refractivity contribution < 1.29 is 27.5 Å². The van der Waals surface area contributed by atoms with Crippen LogP contribution in [0, 0.1) is 0 Å². The van der Waals surface area contributed by atoms with Crippen LogP contribution >= 0.6 is 23.2 Å². The van der Waals surface area contributed by atoms with Crippen molar-refractivity contribution >= 4 is 61.7 Å². The van der Waals surface area contributed by atoms with Gasteiger partial charge in [-0.25, -0.2) is 13.4 Å². The number of unbranched alkanes of at least 4 members (excludes halogenated alkanes) is 1. The second kappa shape index (κ2) is 13.3. The number of halogens is 2. The third-order valence-corrected chi connectivity index (χ3v) is 9.15. The van der Waals surface area contributed by atoms with Gasteiger partial charge in [0, 0.05) is 46.5 Å². The average Bonchev–Trinajstić information content (AvgIpc) is 3.43. The first kappa shape index (κ1) is 30.8. The van der Waals surface area contributed by atoms with Gasteiger partial charge in [-0.15, -0.1) is 0 Å². The lowest BCUT2D eigenvalue weighted by Gasteiger charge is -2.27. The fraction of sp³-hybridized carbons (Fsp3) is 0.300. The van der Waals surface area contributed by atoms with Gasteiger partial charge in [0.05, 0.1) is 35.9 Å². The second-order valence-electron chi connectivity index (χ2n) is 9.93. The summed E-state index contributed by atoms with van der Waals surface area (Å²) in [5.41, 5.74) is 1.48. The highest BCUT2D eigenvalue weighted by Crippen LogP contribution is 2.31. The topological polar surface area (TPSA) is 111 Å². The van der Waals surface area contributed by atoms with E-state index in [1.807, 2.05) is 11.5 Å². The number of amides is 1. The van der Waals surface area contributed by atoms with Crippen molar-refractivity contribution in [2.24, 2.45) is 0 Å². The summed E-state index contributed by atoms with van der Waals surface area (Å²) < 4.78 is 41.1. The van der Waals surface area contributed by atoms with Crippen molar-refractivity contribution in [2.45, 2.75) is 24.7 Å². The highest BCUT2D eigenvalue weighted by atomic mass is 35.5. The number of carbonyl (C=O) groups is 2. The third kappa shape index (κ3) is 6.96. The molecule has 13 heteroatoms. The number of fused-ring (bicyclic) bond motifs is 1. The zero-order valence-corrected chi connectivity index (χ0v) is 25.7. The molecule has 0 spiro atoms. The van der Waals surface area contributed by atoms with E-state index in [1.165, 1.54) is 18.2 Å². The third-order valence-electron chi connectivity index (χ3n) is 6.96. The Morgan fingerprint density at radius 3 is 2.49 bits per heavy atom. The molecule has 226 valence electrons. The molecule has 5 rings (SSSR count). The smallest absolute Gasteiger partial charge is 0.326 e. The maximum atomic E-state index is 13.8. The zero-order valence-electron chi connectivity index (χ0n) is 23.4. The number of aromatic nitrogens is 2. The van der Waals surface area contributed by atoms with Gasteiger partial charge in [-0.05, 0) is 61.0 Å². The number of benzene rings is 2. The number of hydrogen-bond donors (Lipinski definition) is 0. The first-order valence-corrected chi connectivity index (χ1v) is 16.0. The van der Waals surface area contributed by atoms with Gasteiger partial charge in [-0.2, -0.15) is 0 Å². The van der Waals surface area contributed by atoms with Gasteiger partial charge < -0.3 is 18.9 Å². The van der Waals surface area contributed by atoms with Crippen LogP contribution in [0.4, 0.5) is 5.69 Å². The quantitative estimate of drug-likeness (QED) is 0.169. The first-order chi connectivity index (χ1) is 20.7. The van der Waals surface area contributed by atoms with E-state index >= 15 is 0 Å². The number of nitrogens with zero attached hydrogens (tertiary/aromatic N) is 4. The van der Waals surface area contributed by atoms with Crippen molar-refractivity contribution in [3.8, 4) is 5.82 Å². The van der Waals surface area contributed by atoms with Crippen LogP contribution in [0.5, 0.6) is 0 Å². The standard InChI is InChI=1S/C30H30Cl2N4O6S/c1-2-3-12-42-29(37)20-36(43(39,40)26-18-23(31)17-24(32)19-26)25-4-5-27-21(15-25)7-9-35(27)28-16-22(6-8-33-28)30(38)34-10-13-41-14-11-34/h4-9,15-19H,2-3,10-14,20H2,1H3. The number of hydrogen-bond acceptors (Lipinski definition) is 7. The molecular weight excluding hydrogens is 615 g/mol. The van der Waals surface area contributed by atoms with Crippen LogP contribution in [-0.2, 0) is 24.3 Å². The number of anilines is 1. The lowest BCUT2D eigenvalue weighted by molar-refractivity contribution is -0.141. The number of morpholine rings is 1. The molecule has 2 aromatic heterocycles. The number of rotatable bonds is 10. The molecular formula is C30H30Cl2N4O6S. The summed E-state index contributed by atoms with van der Waals surface area (Å²) in [7, 11) is -4.27. The highest BCUT2D eigenvalue weighted by molar-refractivity contribution is 7.92. The van der Waals surface area contributed by atoms with Crippen molar-refractivity contribution in [1.29, 1.82) is 0 Å². The van der Waals surface area contributed by atoms with E-state index in [0.717, 1.165) is 16.2 Å². The van der Waals surface area contributed by atoms with E-state index in [9.17, 15) is 18.0 Å². The van der Waals surface area contributed by atoms with Crippen molar-refractivity contribution in [1.82, 2.24) is 14.5 Å². The Balaban J connectivity index is 1.49. The molecule has 4 aromatic rings. The van der Waals surface area contributed by atoms with Crippen LogP contribution in [0.3, 0.4) is 0 Å². The van der Waals surface area contributed by atoms with E-state index in [2.05, 4.69) is 4.98 Å². The lowest BCUT2D eigenvalue weighted by atomic mass is 10.2. The average molecular weight is 646 g/mol. The molecule has 0 saturated carbocycles. The van der Waals surface area contributed by atoms with Crippen LogP contribution in [-0.4, -0.2) is 74.2 Å². The maximum absolute atomic E-state index is 13.8. The molecule has 1 amide bonds. The molecule has 1 aliphatic heterocycles. The summed E-state index contributed by atoms with van der Waals surface area (Å²) in [5.74, 6) is -0.258. The number of pyridine rings is 1. The summed E-state index contributed by atoms with van der Waals surface area (Å²) in [6, 6.07) is 14.2. The zero-order chi connectivity index (χ0) is 30.6. The van der Waals surface area contributed by atoms with Crippen LogP contribution in [0.15, 0.2) is 71.9 Å². The van der Waals surface area contributed by atoms with Crippen LogP contribution in [0.2, 0.25) is 10.0 Å². The van der Waals surface area contributed by atoms with Gasteiger partial charge in [-0.3, -0.25) is 13.9 Å². The van der Waals surface area contributed by atoms with Gasteiger partial charge in [0.15, 0.2) is 0 Å². The minimum Gasteiger partial charge on any atom is -0.464 e. The number of carbonyl (C=O) groups excluding carboxylic acids is 2. The molecule has 0 bridgehead atoms. The molecule has 2 aromatic carbocycles. The minimum atomic E-state index is -4.27. The molecule has 43 heavy (non-hydrogen) atoms. The fourth-order valence-electron chi connectivity index (χ4n) is 4.73. The predicted octanol–water partition coefficient (Wildman–Crippen LogP) is 5.34. The van der Waals surface area contributed by atoms with Crippen molar-refractivity contribution in [3.05, 3.63) is 82.6 Å². The predicted molar refractivity (Wildman–Crippen MR) is 165 cm³/mol. The number of ether oxygens (including phenoxy) is 2. The van der Waals surface area contributed by atoms with Gasteiger partial charge in [-0.1, -0.05) is 36.5 Å². The maximum Gasteiger partial charge on any atom is 0.326 e. The first-order valence-electron chi connectivity index (χ1n) is 13.8. The van der Waals surface area contributed by atoms with Gasteiger partial charge in [0.1, 0.15) is 12.4 Å². The molecule has 0 atom stereocenters. The Morgan fingerprint density at radius 2 is 1.77 bits per heavy atom. The Labute approximate surface area is 259 Å². The van der Waals surface area contributed by atoms with Crippen LogP contribution < -0.4 is 4.31 Å². The summed E-state index contributed by atoms with van der Waals surface area (Å²) in [6.07, 6.45) is 4.85. The van der Waals surface area contributed by atoms with Gasteiger partial charge in [0.25, 0.3) is 15.9 Å². The Bertz CT molecular complexity index is 1730.